The van der Waals surface area contributed by atoms with Gasteiger partial charge in [-0.3, -0.25) is 0 Å². The van der Waals surface area contributed by atoms with Crippen LogP contribution in [0.5, 0.6) is 5.75 Å². The summed E-state index contributed by atoms with van der Waals surface area (Å²) in [6.45, 7) is 1.99. The van der Waals surface area contributed by atoms with Crippen LogP contribution in [0.3, 0.4) is 0 Å². The van der Waals surface area contributed by atoms with Gasteiger partial charge in [0.2, 0.25) is 0 Å². The Morgan fingerprint density at radius 2 is 2.00 bits per heavy atom. The van der Waals surface area contributed by atoms with Crippen LogP contribution in [-0.4, -0.2) is 17.1 Å². The molecule has 0 bridgehead atoms. The first-order valence-corrected chi connectivity index (χ1v) is 5.21. The largest absolute Gasteiger partial charge is 0.496 e. The Bertz CT molecular complexity index is 514. The van der Waals surface area contributed by atoms with E-state index in [4.69, 9.17) is 16.3 Å². The zero-order valence-corrected chi connectivity index (χ0v) is 9.82. The highest BCUT2D eigenvalue weighted by molar-refractivity contribution is 6.29. The fourth-order valence-electron chi connectivity index (χ4n) is 1.53. The summed E-state index contributed by atoms with van der Waals surface area (Å²) in [7, 11) is 1.66. The number of halogens is 1. The fourth-order valence-corrected chi connectivity index (χ4v) is 1.68. The molecule has 1 aromatic heterocycles. The standard InChI is InChI=1S/C12H11ClN2O/c1-8-5-9(3-4-11(8)16-2)10-6-12(13)15-7-14-10/h3-7H,1-2H3. The molecular weight excluding hydrogens is 224 g/mol. The smallest absolute Gasteiger partial charge is 0.133 e. The molecule has 0 radical (unpaired) electrons. The molecule has 0 aliphatic rings. The van der Waals surface area contributed by atoms with E-state index < -0.39 is 0 Å². The lowest BCUT2D eigenvalue weighted by Gasteiger charge is -2.06. The quantitative estimate of drug-likeness (QED) is 0.749. The minimum absolute atomic E-state index is 0.443. The first-order chi connectivity index (χ1) is 7.70. The Kier molecular flexibility index (Phi) is 3.06. The highest BCUT2D eigenvalue weighted by Crippen LogP contribution is 2.25. The lowest BCUT2D eigenvalue weighted by Crippen LogP contribution is -1.89. The van der Waals surface area contributed by atoms with Crippen molar-refractivity contribution in [3.63, 3.8) is 0 Å². The first-order valence-electron chi connectivity index (χ1n) is 4.83. The number of benzene rings is 1. The third-order valence-corrected chi connectivity index (χ3v) is 2.53. The van der Waals surface area contributed by atoms with Crippen LogP contribution in [0.4, 0.5) is 0 Å². The van der Waals surface area contributed by atoms with Gasteiger partial charge in [-0.25, -0.2) is 9.97 Å². The second-order valence-corrected chi connectivity index (χ2v) is 3.80. The van der Waals surface area contributed by atoms with Gasteiger partial charge in [-0.15, -0.1) is 0 Å². The lowest BCUT2D eigenvalue weighted by molar-refractivity contribution is 0.412. The van der Waals surface area contributed by atoms with Gasteiger partial charge in [-0.05, 0) is 30.7 Å². The van der Waals surface area contributed by atoms with Crippen molar-refractivity contribution in [2.45, 2.75) is 6.92 Å². The Morgan fingerprint density at radius 3 is 2.62 bits per heavy atom. The molecule has 3 nitrogen and oxygen atoms in total. The van der Waals surface area contributed by atoms with Crippen LogP contribution < -0.4 is 4.74 Å². The maximum atomic E-state index is 5.82. The van der Waals surface area contributed by atoms with Gasteiger partial charge in [0, 0.05) is 11.6 Å². The number of rotatable bonds is 2. The van der Waals surface area contributed by atoms with Crippen molar-refractivity contribution in [3.8, 4) is 17.0 Å². The van der Waals surface area contributed by atoms with Crippen molar-refractivity contribution in [2.24, 2.45) is 0 Å². The molecule has 0 aliphatic heterocycles. The molecule has 4 heteroatoms. The molecule has 0 atom stereocenters. The molecule has 0 spiro atoms. The molecule has 16 heavy (non-hydrogen) atoms. The molecule has 2 rings (SSSR count). The average molecular weight is 235 g/mol. The van der Waals surface area contributed by atoms with Gasteiger partial charge in [0.25, 0.3) is 0 Å². The van der Waals surface area contributed by atoms with Gasteiger partial charge >= 0.3 is 0 Å². The van der Waals surface area contributed by atoms with Crippen molar-refractivity contribution >= 4 is 11.6 Å². The van der Waals surface area contributed by atoms with Crippen LogP contribution in [0.2, 0.25) is 5.15 Å². The molecule has 0 unspecified atom stereocenters. The Morgan fingerprint density at radius 1 is 1.19 bits per heavy atom. The zero-order chi connectivity index (χ0) is 11.5. The van der Waals surface area contributed by atoms with Crippen LogP contribution in [0.25, 0.3) is 11.3 Å². The van der Waals surface area contributed by atoms with Crippen molar-refractivity contribution < 1.29 is 4.74 Å². The summed E-state index contributed by atoms with van der Waals surface area (Å²) in [5.41, 5.74) is 2.88. The van der Waals surface area contributed by atoms with E-state index >= 15 is 0 Å². The molecule has 82 valence electrons. The topological polar surface area (TPSA) is 35.0 Å². The summed E-state index contributed by atoms with van der Waals surface area (Å²) < 4.78 is 5.20. The van der Waals surface area contributed by atoms with E-state index in [0.717, 1.165) is 22.6 Å². The maximum absolute atomic E-state index is 5.82. The van der Waals surface area contributed by atoms with E-state index in [1.54, 1.807) is 13.2 Å². The van der Waals surface area contributed by atoms with Crippen molar-refractivity contribution in [1.82, 2.24) is 9.97 Å². The minimum Gasteiger partial charge on any atom is -0.496 e. The molecule has 0 fully saturated rings. The summed E-state index contributed by atoms with van der Waals surface area (Å²) in [5, 5.41) is 0.443. The molecule has 1 aromatic carbocycles. The predicted molar refractivity (Wildman–Crippen MR) is 63.8 cm³/mol. The van der Waals surface area contributed by atoms with E-state index in [1.807, 2.05) is 25.1 Å². The van der Waals surface area contributed by atoms with Gasteiger partial charge in [-0.2, -0.15) is 0 Å². The van der Waals surface area contributed by atoms with E-state index in [9.17, 15) is 0 Å². The molecule has 0 saturated carbocycles. The molecule has 0 N–H and O–H groups in total. The van der Waals surface area contributed by atoms with Crippen LogP contribution in [0.1, 0.15) is 5.56 Å². The van der Waals surface area contributed by atoms with Crippen molar-refractivity contribution in [2.75, 3.05) is 7.11 Å². The molecule has 0 amide bonds. The van der Waals surface area contributed by atoms with Crippen molar-refractivity contribution in [3.05, 3.63) is 41.3 Å². The number of hydrogen-bond acceptors (Lipinski definition) is 3. The first kappa shape index (κ1) is 10.9. The molecule has 2 aromatic rings. The summed E-state index contributed by atoms with van der Waals surface area (Å²) in [6.07, 6.45) is 1.46. The number of hydrogen-bond donors (Lipinski definition) is 0. The normalized spacial score (nSPS) is 10.2. The molecular formula is C12H11ClN2O. The number of methoxy groups -OCH3 is 1. The second kappa shape index (κ2) is 4.49. The van der Waals surface area contributed by atoms with Crippen molar-refractivity contribution in [1.29, 1.82) is 0 Å². The summed E-state index contributed by atoms with van der Waals surface area (Å²) >= 11 is 5.82. The van der Waals surface area contributed by atoms with Crippen LogP contribution >= 0.6 is 11.6 Å². The van der Waals surface area contributed by atoms with Gasteiger partial charge in [-0.1, -0.05) is 11.6 Å². The average Bonchev–Trinajstić information content (AvgIpc) is 2.29. The van der Waals surface area contributed by atoms with E-state index in [-0.39, 0.29) is 0 Å². The Balaban J connectivity index is 2.45. The summed E-state index contributed by atoms with van der Waals surface area (Å²) in [5.74, 6) is 0.865. The van der Waals surface area contributed by atoms with Gasteiger partial charge in [0.05, 0.1) is 12.8 Å². The number of nitrogens with zero attached hydrogens (tertiary/aromatic N) is 2. The fraction of sp³-hybridized carbons (Fsp3) is 0.167. The van der Waals surface area contributed by atoms with E-state index in [0.29, 0.717) is 5.15 Å². The second-order valence-electron chi connectivity index (χ2n) is 3.41. The van der Waals surface area contributed by atoms with E-state index in [1.165, 1.54) is 6.33 Å². The zero-order valence-electron chi connectivity index (χ0n) is 9.07. The molecule has 0 saturated heterocycles. The number of aromatic nitrogens is 2. The monoisotopic (exact) mass is 234 g/mol. The third-order valence-electron chi connectivity index (χ3n) is 2.32. The van der Waals surface area contributed by atoms with Crippen LogP contribution in [0, 0.1) is 6.92 Å². The number of ether oxygens (including phenoxy) is 1. The van der Waals surface area contributed by atoms with E-state index in [2.05, 4.69) is 9.97 Å². The van der Waals surface area contributed by atoms with Gasteiger partial charge in [0.1, 0.15) is 17.2 Å². The van der Waals surface area contributed by atoms with Gasteiger partial charge < -0.3 is 4.74 Å². The third kappa shape index (κ3) is 2.14. The highest BCUT2D eigenvalue weighted by atomic mass is 35.5. The SMILES string of the molecule is COc1ccc(-c2cc(Cl)ncn2)cc1C. The molecule has 0 aliphatic carbocycles. The van der Waals surface area contributed by atoms with Crippen LogP contribution in [0.15, 0.2) is 30.6 Å². The molecule has 1 heterocycles. The minimum atomic E-state index is 0.443. The lowest BCUT2D eigenvalue weighted by atomic mass is 10.1. The van der Waals surface area contributed by atoms with Crippen LogP contribution in [-0.2, 0) is 0 Å². The predicted octanol–water partition coefficient (Wildman–Crippen LogP) is 3.11. The Labute approximate surface area is 99.1 Å². The highest BCUT2D eigenvalue weighted by Gasteiger charge is 2.04. The van der Waals surface area contributed by atoms with Gasteiger partial charge in [0.15, 0.2) is 0 Å². The summed E-state index contributed by atoms with van der Waals surface area (Å²) in [6, 6.07) is 7.62. The summed E-state index contributed by atoms with van der Waals surface area (Å²) in [4.78, 5) is 8.02. The Hall–Kier alpha value is -1.61. The number of aryl methyl sites for hydroxylation is 1. The maximum Gasteiger partial charge on any atom is 0.133 e.